The lowest BCUT2D eigenvalue weighted by molar-refractivity contribution is -0.153. The third-order valence-electron chi connectivity index (χ3n) is 5.94. The molecule has 0 bridgehead atoms. The fraction of sp³-hybridized carbons (Fsp3) is 0.292. The molecular weight excluding hydrogens is 408 g/mol. The third kappa shape index (κ3) is 3.06. The van der Waals surface area contributed by atoms with Crippen LogP contribution in [0.1, 0.15) is 18.5 Å². The van der Waals surface area contributed by atoms with E-state index in [2.05, 4.69) is 4.98 Å². The molecule has 5 rings (SSSR count). The molecule has 0 saturated heterocycles. The molecule has 2 atom stereocenters. The topological polar surface area (TPSA) is 89.4 Å². The van der Waals surface area contributed by atoms with Gasteiger partial charge in [-0.05, 0) is 25.1 Å². The summed E-state index contributed by atoms with van der Waals surface area (Å²) in [5.41, 5.74) is 3.39. The summed E-state index contributed by atoms with van der Waals surface area (Å²) in [6.07, 6.45) is 1.87. The molecule has 1 aliphatic heterocycles. The SMILES string of the molecule is CCOC(=O)[C@H]1C(=O)N(CCOC)c2nc3ccccc3n2[C@@H]1c1c[nH]c2ccccc12. The van der Waals surface area contributed by atoms with Gasteiger partial charge in [0, 0.05) is 29.8 Å². The lowest BCUT2D eigenvalue weighted by Gasteiger charge is -2.37. The third-order valence-corrected chi connectivity index (χ3v) is 5.94. The van der Waals surface area contributed by atoms with Crippen molar-refractivity contribution in [2.45, 2.75) is 13.0 Å². The van der Waals surface area contributed by atoms with Gasteiger partial charge in [0.15, 0.2) is 5.92 Å². The molecule has 0 unspecified atom stereocenters. The van der Waals surface area contributed by atoms with E-state index in [0.717, 1.165) is 27.5 Å². The second-order valence-electron chi connectivity index (χ2n) is 7.72. The van der Waals surface area contributed by atoms with Crippen LogP contribution in [0.25, 0.3) is 21.9 Å². The minimum Gasteiger partial charge on any atom is -0.465 e. The fourth-order valence-electron chi connectivity index (χ4n) is 4.56. The monoisotopic (exact) mass is 432 g/mol. The Bertz CT molecular complexity index is 1310. The van der Waals surface area contributed by atoms with E-state index in [0.29, 0.717) is 12.6 Å². The van der Waals surface area contributed by atoms with Crippen LogP contribution >= 0.6 is 0 Å². The summed E-state index contributed by atoms with van der Waals surface area (Å²) in [6, 6.07) is 15.0. The van der Waals surface area contributed by atoms with E-state index in [1.54, 1.807) is 14.0 Å². The maximum absolute atomic E-state index is 13.7. The predicted molar refractivity (Wildman–Crippen MR) is 121 cm³/mol. The lowest BCUT2D eigenvalue weighted by Crippen LogP contribution is -2.51. The van der Waals surface area contributed by atoms with Crippen LogP contribution in [0.2, 0.25) is 0 Å². The van der Waals surface area contributed by atoms with Gasteiger partial charge in [0.2, 0.25) is 11.9 Å². The second-order valence-corrected chi connectivity index (χ2v) is 7.72. The van der Waals surface area contributed by atoms with Crippen LogP contribution < -0.4 is 4.90 Å². The van der Waals surface area contributed by atoms with E-state index in [1.165, 1.54) is 4.90 Å². The Labute approximate surface area is 184 Å². The highest BCUT2D eigenvalue weighted by Gasteiger charge is 2.48. The zero-order valence-corrected chi connectivity index (χ0v) is 17.9. The smallest absolute Gasteiger partial charge is 0.321 e. The number of hydrogen-bond acceptors (Lipinski definition) is 5. The summed E-state index contributed by atoms with van der Waals surface area (Å²) in [5.74, 6) is -1.42. The average molecular weight is 432 g/mol. The van der Waals surface area contributed by atoms with Gasteiger partial charge in [-0.2, -0.15) is 0 Å². The number of para-hydroxylation sites is 3. The largest absolute Gasteiger partial charge is 0.465 e. The molecule has 2 aromatic carbocycles. The second kappa shape index (κ2) is 8.12. The predicted octanol–water partition coefficient (Wildman–Crippen LogP) is 3.28. The van der Waals surface area contributed by atoms with Crippen molar-refractivity contribution in [1.82, 2.24) is 14.5 Å². The number of anilines is 1. The first-order chi connectivity index (χ1) is 15.7. The van der Waals surface area contributed by atoms with Gasteiger partial charge in [0.25, 0.3) is 0 Å². The van der Waals surface area contributed by atoms with Crippen molar-refractivity contribution in [1.29, 1.82) is 0 Å². The average Bonchev–Trinajstić information content (AvgIpc) is 3.40. The molecule has 8 nitrogen and oxygen atoms in total. The highest BCUT2D eigenvalue weighted by molar-refractivity contribution is 6.09. The number of carbonyl (C=O) groups is 2. The Morgan fingerprint density at radius 1 is 1.16 bits per heavy atom. The number of aromatic nitrogens is 3. The van der Waals surface area contributed by atoms with Crippen LogP contribution in [-0.4, -0.2) is 53.3 Å². The standard InChI is InChI=1S/C24H24N4O4/c1-3-32-23(30)20-21(16-14-25-17-9-5-4-8-15(16)17)28-19-11-7-6-10-18(19)26-24(28)27(22(20)29)12-13-31-2/h4-11,14,20-21,25H,3,12-13H2,1-2H3/t20-,21-/m1/s1. The van der Waals surface area contributed by atoms with Gasteiger partial charge < -0.3 is 19.0 Å². The minimum atomic E-state index is -1.05. The lowest BCUT2D eigenvalue weighted by atomic mass is 9.89. The minimum absolute atomic E-state index is 0.193. The number of nitrogens with zero attached hydrogens (tertiary/aromatic N) is 3. The van der Waals surface area contributed by atoms with Crippen LogP contribution in [0, 0.1) is 5.92 Å². The van der Waals surface area contributed by atoms with E-state index in [1.807, 2.05) is 59.3 Å². The maximum Gasteiger partial charge on any atom is 0.321 e. The number of benzene rings is 2. The van der Waals surface area contributed by atoms with Gasteiger partial charge >= 0.3 is 5.97 Å². The van der Waals surface area contributed by atoms with E-state index in [4.69, 9.17) is 14.5 Å². The highest BCUT2D eigenvalue weighted by Crippen LogP contribution is 2.43. The molecule has 1 aliphatic rings. The summed E-state index contributed by atoms with van der Waals surface area (Å²) < 4.78 is 12.6. The Kier molecular flexibility index (Phi) is 5.14. The first kappa shape index (κ1) is 20.3. The molecule has 0 fully saturated rings. The number of fused-ring (bicyclic) bond motifs is 4. The van der Waals surface area contributed by atoms with Gasteiger partial charge in [-0.1, -0.05) is 30.3 Å². The van der Waals surface area contributed by atoms with Gasteiger partial charge in [-0.25, -0.2) is 4.98 Å². The Morgan fingerprint density at radius 2 is 1.94 bits per heavy atom. The number of carbonyl (C=O) groups excluding carboxylic acids is 2. The zero-order valence-electron chi connectivity index (χ0n) is 17.9. The first-order valence-corrected chi connectivity index (χ1v) is 10.7. The number of amides is 1. The quantitative estimate of drug-likeness (QED) is 0.373. The van der Waals surface area contributed by atoms with E-state index < -0.39 is 17.9 Å². The molecule has 32 heavy (non-hydrogen) atoms. The molecule has 1 N–H and O–H groups in total. The molecule has 8 heteroatoms. The van der Waals surface area contributed by atoms with E-state index >= 15 is 0 Å². The molecular formula is C24H24N4O4. The van der Waals surface area contributed by atoms with Crippen LogP contribution in [0.3, 0.4) is 0 Å². The number of imidazole rings is 1. The summed E-state index contributed by atoms with van der Waals surface area (Å²) in [4.78, 5) is 36.5. The zero-order chi connectivity index (χ0) is 22.2. The van der Waals surface area contributed by atoms with Crippen LogP contribution in [0.5, 0.6) is 0 Å². The van der Waals surface area contributed by atoms with E-state index in [9.17, 15) is 9.59 Å². The van der Waals surface area contributed by atoms with Crippen molar-refractivity contribution < 1.29 is 19.1 Å². The van der Waals surface area contributed by atoms with Gasteiger partial charge in [0.05, 0.1) is 36.8 Å². The maximum atomic E-state index is 13.7. The Balaban J connectivity index is 1.80. The number of hydrogen-bond donors (Lipinski definition) is 1. The molecule has 164 valence electrons. The molecule has 1 amide bonds. The number of ether oxygens (including phenoxy) is 2. The number of esters is 1. The molecule has 0 spiro atoms. The van der Waals surface area contributed by atoms with Crippen molar-refractivity contribution in [3.63, 3.8) is 0 Å². The van der Waals surface area contributed by atoms with Gasteiger partial charge in [-0.3, -0.25) is 14.5 Å². The molecule has 2 aromatic heterocycles. The summed E-state index contributed by atoms with van der Waals surface area (Å²) in [6.45, 7) is 2.54. The molecule has 0 saturated carbocycles. The Morgan fingerprint density at radius 3 is 2.75 bits per heavy atom. The first-order valence-electron chi connectivity index (χ1n) is 10.7. The number of rotatable bonds is 6. The number of H-pyrrole nitrogens is 1. The van der Waals surface area contributed by atoms with Gasteiger partial charge in [0.1, 0.15) is 0 Å². The number of aromatic amines is 1. The van der Waals surface area contributed by atoms with Gasteiger partial charge in [-0.15, -0.1) is 0 Å². The van der Waals surface area contributed by atoms with Crippen LogP contribution in [0.15, 0.2) is 54.7 Å². The summed E-state index contributed by atoms with van der Waals surface area (Å²) in [7, 11) is 1.58. The van der Waals surface area contributed by atoms with Crippen LogP contribution in [-0.2, 0) is 19.1 Å². The van der Waals surface area contributed by atoms with Crippen molar-refractivity contribution in [3.05, 3.63) is 60.3 Å². The fourth-order valence-corrected chi connectivity index (χ4v) is 4.56. The summed E-state index contributed by atoms with van der Waals surface area (Å²) >= 11 is 0. The van der Waals surface area contributed by atoms with Crippen LogP contribution in [0.4, 0.5) is 5.95 Å². The van der Waals surface area contributed by atoms with Crippen molar-refractivity contribution in [3.8, 4) is 0 Å². The molecule has 3 heterocycles. The van der Waals surface area contributed by atoms with E-state index in [-0.39, 0.29) is 19.1 Å². The van der Waals surface area contributed by atoms with Crippen molar-refractivity contribution in [2.24, 2.45) is 5.92 Å². The molecule has 4 aromatic rings. The number of nitrogens with one attached hydrogen (secondary N) is 1. The molecule has 0 aliphatic carbocycles. The van der Waals surface area contributed by atoms with Crippen molar-refractivity contribution >= 4 is 39.8 Å². The highest BCUT2D eigenvalue weighted by atomic mass is 16.5. The summed E-state index contributed by atoms with van der Waals surface area (Å²) in [5, 5.41) is 0.952. The number of methoxy groups -OCH3 is 1. The normalized spacial score (nSPS) is 18.3. The van der Waals surface area contributed by atoms with Crippen molar-refractivity contribution in [2.75, 3.05) is 31.8 Å². The Hall–Kier alpha value is -3.65. The molecule has 0 radical (unpaired) electrons.